The molecule has 1 fully saturated rings. The smallest absolute Gasteiger partial charge is 0.00228 e. The monoisotopic (exact) mass is 416 g/mol. The normalized spacial score (nSPS) is 17.0. The molecule has 3 rings (SSSR count). The fourth-order valence-electron chi connectivity index (χ4n) is 5.63. The summed E-state index contributed by atoms with van der Waals surface area (Å²) in [5.41, 5.74) is 8.71. The van der Waals surface area contributed by atoms with Gasteiger partial charge in [0.2, 0.25) is 0 Å². The van der Waals surface area contributed by atoms with E-state index >= 15 is 0 Å². The highest BCUT2D eigenvalue weighted by atomic mass is 14.3. The molecule has 0 spiro atoms. The maximum absolute atomic E-state index is 4.16. The molecule has 0 aromatic heterocycles. The molecule has 2 aromatic rings. The molecule has 1 aliphatic carbocycles. The Morgan fingerprint density at radius 3 is 2.26 bits per heavy atom. The van der Waals surface area contributed by atoms with Crippen molar-refractivity contribution < 1.29 is 0 Å². The van der Waals surface area contributed by atoms with Crippen LogP contribution in [0, 0.1) is 18.8 Å². The first-order valence-electron chi connectivity index (χ1n) is 12.7. The van der Waals surface area contributed by atoms with Crippen LogP contribution in [0.5, 0.6) is 0 Å². The minimum absolute atomic E-state index is 0.529. The molecule has 0 N–H and O–H groups in total. The number of benzene rings is 2. The fraction of sp³-hybridized carbons (Fsp3) is 0.548. The Balaban J connectivity index is 2.00. The molecule has 2 aromatic carbocycles. The lowest BCUT2D eigenvalue weighted by Crippen LogP contribution is -2.20. The second kappa shape index (κ2) is 11.2. The van der Waals surface area contributed by atoms with Crippen molar-refractivity contribution in [2.75, 3.05) is 0 Å². The van der Waals surface area contributed by atoms with Gasteiger partial charge in [0.15, 0.2) is 0 Å². The van der Waals surface area contributed by atoms with E-state index in [0.29, 0.717) is 11.8 Å². The van der Waals surface area contributed by atoms with E-state index in [-0.39, 0.29) is 0 Å². The summed E-state index contributed by atoms with van der Waals surface area (Å²) >= 11 is 0. The minimum Gasteiger partial charge on any atom is -0.100 e. The van der Waals surface area contributed by atoms with Crippen LogP contribution in [-0.2, 0) is 6.42 Å². The third kappa shape index (κ3) is 6.83. The van der Waals surface area contributed by atoms with E-state index in [0.717, 1.165) is 24.7 Å². The Hall–Kier alpha value is -1.82. The lowest BCUT2D eigenvalue weighted by molar-refractivity contribution is 0.276. The molecule has 2 atom stereocenters. The van der Waals surface area contributed by atoms with E-state index in [2.05, 4.69) is 83.7 Å². The van der Waals surface area contributed by atoms with Crippen molar-refractivity contribution in [3.8, 4) is 0 Å². The Labute approximate surface area is 192 Å². The van der Waals surface area contributed by atoms with Gasteiger partial charge in [0.1, 0.15) is 0 Å². The van der Waals surface area contributed by atoms with E-state index in [9.17, 15) is 0 Å². The molecule has 0 bridgehead atoms. The van der Waals surface area contributed by atoms with E-state index in [1.807, 2.05) is 0 Å². The van der Waals surface area contributed by atoms with E-state index in [4.69, 9.17) is 0 Å². The second-order valence-corrected chi connectivity index (χ2v) is 10.8. The van der Waals surface area contributed by atoms with Gasteiger partial charge >= 0.3 is 0 Å². The lowest BCUT2D eigenvalue weighted by Gasteiger charge is -2.33. The quantitative estimate of drug-likeness (QED) is 0.357. The zero-order valence-electron chi connectivity index (χ0n) is 20.7. The van der Waals surface area contributed by atoms with Crippen LogP contribution in [0.25, 0.3) is 0 Å². The molecular weight excluding hydrogens is 372 g/mol. The molecule has 1 saturated carbocycles. The van der Waals surface area contributed by atoms with Crippen molar-refractivity contribution in [1.29, 1.82) is 0 Å². The molecule has 0 amide bonds. The fourth-order valence-corrected chi connectivity index (χ4v) is 5.63. The van der Waals surface area contributed by atoms with Crippen molar-refractivity contribution in [3.05, 3.63) is 82.4 Å². The zero-order chi connectivity index (χ0) is 22.4. The van der Waals surface area contributed by atoms with E-state index < -0.39 is 0 Å². The first-order chi connectivity index (χ1) is 14.8. The average molecular weight is 417 g/mol. The third-order valence-electron chi connectivity index (χ3n) is 7.25. The number of hydrogen-bond donors (Lipinski definition) is 0. The van der Waals surface area contributed by atoms with Gasteiger partial charge in [-0.3, -0.25) is 0 Å². The second-order valence-electron chi connectivity index (χ2n) is 10.8. The van der Waals surface area contributed by atoms with Gasteiger partial charge in [-0.05, 0) is 91.9 Å². The van der Waals surface area contributed by atoms with Crippen LogP contribution < -0.4 is 0 Å². The Bertz CT molecular complexity index is 833. The standard InChI is InChI=1S/C31H44/c1-22(2)18-25(6)28-16-17-30(29(21-28)20-26-14-12-24(5)13-15-26)31(19-23(3)4)27-10-8-7-9-11-27/h12-17,21,23,25,27,31H,1,7-11,18-20H2,2-6H3/t25-,31?/m1/s1. The van der Waals surface area contributed by atoms with Crippen LogP contribution in [0.4, 0.5) is 0 Å². The van der Waals surface area contributed by atoms with E-state index in [1.165, 1.54) is 60.8 Å². The SMILES string of the molecule is C=C(C)C[C@@H](C)c1ccc(C(CC(C)C)C2CCCCC2)c(Cc2ccc(C)cc2)c1. The molecule has 0 nitrogen and oxygen atoms in total. The molecule has 0 aliphatic heterocycles. The van der Waals surface area contributed by atoms with Gasteiger partial charge in [-0.25, -0.2) is 0 Å². The van der Waals surface area contributed by atoms with Crippen molar-refractivity contribution in [3.63, 3.8) is 0 Å². The van der Waals surface area contributed by atoms with Crippen LogP contribution in [0.15, 0.2) is 54.6 Å². The van der Waals surface area contributed by atoms with Crippen molar-refractivity contribution >= 4 is 0 Å². The van der Waals surface area contributed by atoms with Gasteiger partial charge in [0.25, 0.3) is 0 Å². The molecule has 0 heterocycles. The largest absolute Gasteiger partial charge is 0.100 e. The summed E-state index contributed by atoms with van der Waals surface area (Å²) in [6, 6.07) is 16.6. The maximum atomic E-state index is 4.16. The summed E-state index contributed by atoms with van der Waals surface area (Å²) in [5.74, 6) is 2.82. The van der Waals surface area contributed by atoms with Gasteiger partial charge < -0.3 is 0 Å². The van der Waals surface area contributed by atoms with E-state index in [1.54, 1.807) is 11.1 Å². The van der Waals surface area contributed by atoms with Crippen molar-refractivity contribution in [2.45, 2.75) is 97.8 Å². The number of allylic oxidation sites excluding steroid dienone is 1. The predicted octanol–water partition coefficient (Wildman–Crippen LogP) is 9.37. The van der Waals surface area contributed by atoms with Crippen molar-refractivity contribution in [1.82, 2.24) is 0 Å². The summed E-state index contributed by atoms with van der Waals surface area (Å²) in [5, 5.41) is 0. The van der Waals surface area contributed by atoms with Gasteiger partial charge in [0, 0.05) is 0 Å². The molecule has 1 unspecified atom stereocenters. The summed E-state index contributed by atoms with van der Waals surface area (Å²) in [4.78, 5) is 0. The maximum Gasteiger partial charge on any atom is -0.00228 e. The molecule has 31 heavy (non-hydrogen) atoms. The van der Waals surface area contributed by atoms with Crippen LogP contribution in [0.3, 0.4) is 0 Å². The topological polar surface area (TPSA) is 0 Å². The number of aryl methyl sites for hydroxylation is 1. The number of hydrogen-bond acceptors (Lipinski definition) is 0. The predicted molar refractivity (Wildman–Crippen MR) is 137 cm³/mol. The highest BCUT2D eigenvalue weighted by Gasteiger charge is 2.28. The minimum atomic E-state index is 0.529. The van der Waals surface area contributed by atoms with Gasteiger partial charge in [-0.15, -0.1) is 6.58 Å². The average Bonchev–Trinajstić information content (AvgIpc) is 2.74. The Morgan fingerprint density at radius 2 is 1.65 bits per heavy atom. The molecule has 0 saturated heterocycles. The summed E-state index contributed by atoms with van der Waals surface area (Å²) in [7, 11) is 0. The van der Waals surface area contributed by atoms with Crippen LogP contribution >= 0.6 is 0 Å². The molecule has 0 radical (unpaired) electrons. The van der Waals surface area contributed by atoms with Gasteiger partial charge in [-0.2, -0.15) is 0 Å². The van der Waals surface area contributed by atoms with Crippen LogP contribution in [0.2, 0.25) is 0 Å². The first-order valence-corrected chi connectivity index (χ1v) is 12.7. The van der Waals surface area contributed by atoms with Crippen molar-refractivity contribution in [2.24, 2.45) is 11.8 Å². The summed E-state index contributed by atoms with van der Waals surface area (Å²) in [6.45, 7) is 15.6. The highest BCUT2D eigenvalue weighted by Crippen LogP contribution is 2.42. The highest BCUT2D eigenvalue weighted by molar-refractivity contribution is 5.40. The molecule has 168 valence electrons. The third-order valence-corrected chi connectivity index (χ3v) is 7.25. The summed E-state index contributed by atoms with van der Waals surface area (Å²) < 4.78 is 0. The molecule has 0 heteroatoms. The van der Waals surface area contributed by atoms with Crippen LogP contribution in [-0.4, -0.2) is 0 Å². The Morgan fingerprint density at radius 1 is 0.968 bits per heavy atom. The first kappa shape index (κ1) is 23.8. The van der Waals surface area contributed by atoms with Crippen LogP contribution in [0.1, 0.15) is 112 Å². The molecule has 1 aliphatic rings. The molecular formula is C31H44. The Kier molecular flexibility index (Phi) is 8.58. The van der Waals surface area contributed by atoms with Gasteiger partial charge in [0.05, 0.1) is 0 Å². The zero-order valence-corrected chi connectivity index (χ0v) is 20.7. The lowest BCUT2D eigenvalue weighted by atomic mass is 9.71. The number of rotatable bonds is 9. The summed E-state index contributed by atoms with van der Waals surface area (Å²) in [6.07, 6.45) is 10.5. The van der Waals surface area contributed by atoms with Gasteiger partial charge in [-0.1, -0.05) is 93.6 Å².